The molecule has 0 heterocycles. The Balaban J connectivity index is 3.52. The molecule has 1 aromatic rings. The number of aliphatic hydroxyl groups is 1. The molecule has 0 bridgehead atoms. The van der Waals surface area contributed by atoms with E-state index in [1.54, 1.807) is 0 Å². The Bertz CT molecular complexity index is 921. The number of halogens is 7. The fourth-order valence-electron chi connectivity index (χ4n) is 2.78. The fourth-order valence-corrected chi connectivity index (χ4v) is 2.78. The van der Waals surface area contributed by atoms with Gasteiger partial charge in [0.15, 0.2) is 17.4 Å². The van der Waals surface area contributed by atoms with Gasteiger partial charge in [-0.15, -0.1) is 0 Å². The van der Waals surface area contributed by atoms with Gasteiger partial charge in [-0.2, -0.15) is 17.6 Å². The number of benzene rings is 1. The van der Waals surface area contributed by atoms with Gasteiger partial charge in [-0.3, -0.25) is 0 Å². The molecule has 0 aliphatic heterocycles. The molecule has 0 aliphatic rings. The molecule has 2 atom stereocenters. The first-order valence-electron chi connectivity index (χ1n) is 8.53. The molecule has 0 aromatic heterocycles. The molecule has 1 rings (SSSR count). The molecule has 1 aromatic carbocycles. The van der Waals surface area contributed by atoms with Gasteiger partial charge in [0.25, 0.3) is 0 Å². The minimum absolute atomic E-state index is 0.254. The number of ether oxygens (including phenoxy) is 2. The molecule has 11 heteroatoms. The summed E-state index contributed by atoms with van der Waals surface area (Å²) in [4.78, 5) is 12.1. The number of aliphatic hydroxyl groups excluding tert-OH is 1. The third-order valence-corrected chi connectivity index (χ3v) is 4.34. The average Bonchev–Trinajstić information content (AvgIpc) is 2.65. The molecule has 0 fully saturated rings. The molecule has 1 N–H and O–H groups in total. The van der Waals surface area contributed by atoms with E-state index in [2.05, 4.69) is 22.6 Å². The van der Waals surface area contributed by atoms with Crippen molar-refractivity contribution in [2.24, 2.45) is 5.41 Å². The predicted octanol–water partition coefficient (Wildman–Crippen LogP) is 5.85. The number of alkyl halides is 3. The van der Waals surface area contributed by atoms with E-state index < -0.39 is 70.6 Å². The normalized spacial score (nSPS) is 14.8. The van der Waals surface area contributed by atoms with Crippen molar-refractivity contribution in [1.82, 2.24) is 0 Å². The summed E-state index contributed by atoms with van der Waals surface area (Å²) < 4.78 is 105. The van der Waals surface area contributed by atoms with E-state index in [0.29, 0.717) is 0 Å². The summed E-state index contributed by atoms with van der Waals surface area (Å²) in [5.41, 5.74) is -4.14. The molecule has 0 spiro atoms. The van der Waals surface area contributed by atoms with Crippen LogP contribution in [0.1, 0.15) is 26.3 Å². The summed E-state index contributed by atoms with van der Waals surface area (Å²) in [6, 6.07) is 0. The molecular weight excluding hydrogens is 437 g/mol. The van der Waals surface area contributed by atoms with Crippen LogP contribution in [0.2, 0.25) is 0 Å². The van der Waals surface area contributed by atoms with E-state index in [0.717, 1.165) is 26.0 Å². The maximum Gasteiger partial charge on any atom is 0.514 e. The van der Waals surface area contributed by atoms with Gasteiger partial charge in [0.1, 0.15) is 0 Å². The van der Waals surface area contributed by atoms with Crippen LogP contribution in [0, 0.1) is 28.7 Å². The summed E-state index contributed by atoms with van der Waals surface area (Å²) in [7, 11) is 0. The molecule has 0 aliphatic carbocycles. The van der Waals surface area contributed by atoms with Crippen LogP contribution in [0.15, 0.2) is 30.9 Å². The van der Waals surface area contributed by atoms with Crippen molar-refractivity contribution in [2.75, 3.05) is 6.61 Å². The minimum atomic E-state index is -5.28. The van der Waals surface area contributed by atoms with Crippen LogP contribution >= 0.6 is 0 Å². The molecule has 4 nitrogen and oxygen atoms in total. The quantitative estimate of drug-likeness (QED) is 0.140. The molecule has 31 heavy (non-hydrogen) atoms. The lowest BCUT2D eigenvalue weighted by Gasteiger charge is -2.37. The van der Waals surface area contributed by atoms with Crippen molar-refractivity contribution in [3.8, 4) is 5.75 Å². The van der Waals surface area contributed by atoms with Crippen molar-refractivity contribution >= 4 is 11.7 Å². The Labute approximate surface area is 173 Å². The Morgan fingerprint density at radius 1 is 1.06 bits per heavy atom. The second-order valence-corrected chi connectivity index (χ2v) is 6.61. The second kappa shape index (κ2) is 9.54. The molecule has 172 valence electrons. The van der Waals surface area contributed by atoms with Crippen LogP contribution in [0.3, 0.4) is 0 Å². The van der Waals surface area contributed by atoms with Gasteiger partial charge in [-0.05, 0) is 26.3 Å². The van der Waals surface area contributed by atoms with Crippen LogP contribution in [0.4, 0.5) is 35.5 Å². The van der Waals surface area contributed by atoms with Gasteiger partial charge in [0.05, 0.1) is 17.6 Å². The average molecular weight is 456 g/mol. The lowest BCUT2D eigenvalue weighted by atomic mass is 9.76. The summed E-state index contributed by atoms with van der Waals surface area (Å²) in [6.07, 6.45) is -8.55. The van der Waals surface area contributed by atoms with Crippen molar-refractivity contribution in [3.05, 3.63) is 59.7 Å². The highest BCUT2D eigenvalue weighted by Crippen LogP contribution is 2.43. The topological polar surface area (TPSA) is 55.8 Å². The Morgan fingerprint density at radius 3 is 1.97 bits per heavy atom. The summed E-state index contributed by atoms with van der Waals surface area (Å²) in [5.74, 6) is -10.3. The first-order valence-corrected chi connectivity index (χ1v) is 8.53. The summed E-state index contributed by atoms with van der Waals surface area (Å²) >= 11 is 0. The number of hydrogen-bond acceptors (Lipinski definition) is 4. The lowest BCUT2D eigenvalue weighted by Crippen LogP contribution is -2.50. The van der Waals surface area contributed by atoms with Crippen molar-refractivity contribution in [3.63, 3.8) is 0 Å². The zero-order chi connectivity index (χ0) is 24.3. The Hall–Kier alpha value is -2.82. The Morgan fingerprint density at radius 2 is 1.58 bits per heavy atom. The zero-order valence-electron chi connectivity index (χ0n) is 16.7. The van der Waals surface area contributed by atoms with Gasteiger partial charge in [-0.1, -0.05) is 30.9 Å². The predicted molar refractivity (Wildman–Crippen MR) is 97.1 cm³/mol. The Kier molecular flexibility index (Phi) is 8.07. The van der Waals surface area contributed by atoms with Gasteiger partial charge in [0.2, 0.25) is 17.7 Å². The van der Waals surface area contributed by atoms with E-state index in [4.69, 9.17) is 0 Å². The van der Waals surface area contributed by atoms with Gasteiger partial charge in [-0.25, -0.2) is 18.0 Å². The van der Waals surface area contributed by atoms with Crippen LogP contribution < -0.4 is 4.74 Å². The maximum absolute atomic E-state index is 14.1. The highest BCUT2D eigenvalue weighted by Gasteiger charge is 2.56. The molecule has 0 radical (unpaired) electrons. The molecule has 0 saturated heterocycles. The first kappa shape index (κ1) is 26.2. The van der Waals surface area contributed by atoms with Crippen molar-refractivity contribution in [1.29, 1.82) is 0 Å². The smallest absolute Gasteiger partial charge is 0.420 e. The van der Waals surface area contributed by atoms with E-state index in [9.17, 15) is 40.6 Å². The molecule has 2 unspecified atom stereocenters. The third kappa shape index (κ3) is 5.09. The standard InChI is InChI=1S/C20H19F7O4/c1-6-7-19(8-28,10(4)5)17(20(25,26)27)31-18(29)30-16-11(9(2)3)12(21)13(22)14(23)15(16)24/h6-7,17,28H,2,4,8H2,1,3,5H3/b7-6+. The van der Waals surface area contributed by atoms with Gasteiger partial charge in [0, 0.05) is 0 Å². The number of allylic oxidation sites excluding steroid dienone is 2. The monoisotopic (exact) mass is 456 g/mol. The highest BCUT2D eigenvalue weighted by molar-refractivity contribution is 5.73. The molecule has 0 saturated carbocycles. The number of carbonyl (C=O) groups is 1. The largest absolute Gasteiger partial charge is 0.514 e. The van der Waals surface area contributed by atoms with Crippen molar-refractivity contribution < 1.29 is 50.1 Å². The molecular formula is C20H19F7O4. The lowest BCUT2D eigenvalue weighted by molar-refractivity contribution is -0.232. The van der Waals surface area contributed by atoms with E-state index in [-0.39, 0.29) is 5.57 Å². The van der Waals surface area contributed by atoms with Gasteiger partial charge < -0.3 is 14.6 Å². The van der Waals surface area contributed by atoms with E-state index in [1.807, 2.05) is 0 Å². The van der Waals surface area contributed by atoms with Crippen LogP contribution in [0.5, 0.6) is 5.75 Å². The van der Waals surface area contributed by atoms with Crippen LogP contribution in [0.25, 0.3) is 5.57 Å². The van der Waals surface area contributed by atoms with E-state index in [1.165, 1.54) is 6.92 Å². The summed E-state index contributed by atoms with van der Waals surface area (Å²) in [5, 5.41) is 9.62. The van der Waals surface area contributed by atoms with Crippen LogP contribution in [-0.4, -0.2) is 30.1 Å². The molecule has 0 amide bonds. The fraction of sp³-hybridized carbons (Fsp3) is 0.350. The number of carbonyl (C=O) groups excluding carboxylic acids is 1. The van der Waals surface area contributed by atoms with Crippen molar-refractivity contribution in [2.45, 2.75) is 33.1 Å². The second-order valence-electron chi connectivity index (χ2n) is 6.61. The zero-order valence-corrected chi connectivity index (χ0v) is 16.7. The third-order valence-electron chi connectivity index (χ3n) is 4.34. The summed E-state index contributed by atoms with van der Waals surface area (Å²) in [6.45, 7) is 8.86. The van der Waals surface area contributed by atoms with Gasteiger partial charge >= 0.3 is 12.3 Å². The first-order chi connectivity index (χ1) is 14.1. The highest BCUT2D eigenvalue weighted by atomic mass is 19.4. The number of hydrogen-bond donors (Lipinski definition) is 1. The maximum atomic E-state index is 14.1. The minimum Gasteiger partial charge on any atom is -0.420 e. The SMILES string of the molecule is C=C(C)c1c(F)c(F)c(F)c(F)c1OC(=O)OC(C(F)(F)F)C(/C=C/C)(CO)C(=C)C. The van der Waals surface area contributed by atoms with Crippen LogP contribution in [-0.2, 0) is 4.74 Å². The number of rotatable bonds is 7. The van der Waals surface area contributed by atoms with E-state index >= 15 is 0 Å².